The summed E-state index contributed by atoms with van der Waals surface area (Å²) in [6.07, 6.45) is 5.18. The molecule has 0 spiro atoms. The van der Waals surface area contributed by atoms with Crippen LogP contribution < -0.4 is 10.1 Å². The normalized spacial score (nSPS) is 10.4. The van der Waals surface area contributed by atoms with E-state index in [0.29, 0.717) is 18.0 Å². The molecule has 0 bridgehead atoms. The largest absolute Gasteiger partial charge is 0.494 e. The van der Waals surface area contributed by atoms with Crippen molar-refractivity contribution < 1.29 is 14.3 Å². The van der Waals surface area contributed by atoms with Crippen LogP contribution in [0.1, 0.15) is 49.4 Å². The van der Waals surface area contributed by atoms with Gasteiger partial charge in [0.25, 0.3) is 0 Å². The molecule has 0 atom stereocenters. The zero-order chi connectivity index (χ0) is 17.2. The average Bonchev–Trinajstić information content (AvgIpc) is 3.10. The molecule has 0 aliphatic carbocycles. The van der Waals surface area contributed by atoms with Crippen molar-refractivity contribution in [1.82, 2.24) is 10.2 Å². The lowest BCUT2D eigenvalue weighted by molar-refractivity contribution is -0.116. The number of Topliss-reactive ketones (excluding diaryl/α,β-unsaturated/α-hetero) is 1. The second-order valence-corrected chi connectivity index (χ2v) is 5.52. The summed E-state index contributed by atoms with van der Waals surface area (Å²) in [5, 5.41) is 9.02. The van der Waals surface area contributed by atoms with Gasteiger partial charge in [0.15, 0.2) is 5.78 Å². The molecule has 2 N–H and O–H groups in total. The minimum absolute atomic E-state index is 0.0627. The number of carbonyl (C=O) groups is 2. The molecule has 6 nitrogen and oxygen atoms in total. The quantitative estimate of drug-likeness (QED) is 0.515. The van der Waals surface area contributed by atoms with Crippen LogP contribution in [0.5, 0.6) is 5.75 Å². The fraction of sp³-hybridized carbons (Fsp3) is 0.389. The molecule has 0 radical (unpaired) electrons. The third-order valence-electron chi connectivity index (χ3n) is 3.55. The molecule has 0 saturated carbocycles. The Bertz CT molecular complexity index is 636. The van der Waals surface area contributed by atoms with Gasteiger partial charge in [-0.25, -0.2) is 0 Å². The van der Waals surface area contributed by atoms with Crippen LogP contribution in [0.3, 0.4) is 0 Å². The number of aromatic nitrogens is 2. The van der Waals surface area contributed by atoms with Crippen molar-refractivity contribution in [1.29, 1.82) is 0 Å². The number of benzene rings is 1. The summed E-state index contributed by atoms with van der Waals surface area (Å²) in [6, 6.07) is 8.72. The van der Waals surface area contributed by atoms with Crippen molar-refractivity contribution in [2.45, 2.75) is 39.0 Å². The number of hydrogen-bond acceptors (Lipinski definition) is 4. The molecular weight excluding hydrogens is 306 g/mol. The van der Waals surface area contributed by atoms with Crippen LogP contribution in [-0.4, -0.2) is 28.5 Å². The van der Waals surface area contributed by atoms with Crippen molar-refractivity contribution in [3.05, 3.63) is 42.1 Å². The van der Waals surface area contributed by atoms with Gasteiger partial charge in [-0.15, -0.1) is 0 Å². The smallest absolute Gasteiger partial charge is 0.225 e. The number of nitrogens with one attached hydrogen (secondary N) is 2. The minimum Gasteiger partial charge on any atom is -0.494 e. The maximum Gasteiger partial charge on any atom is 0.225 e. The first kappa shape index (κ1) is 17.7. The number of amides is 1. The van der Waals surface area contributed by atoms with E-state index in [1.807, 2.05) is 0 Å². The Labute approximate surface area is 141 Å². The molecule has 0 aliphatic rings. The Balaban J connectivity index is 1.74. The van der Waals surface area contributed by atoms with Crippen LogP contribution in [0.2, 0.25) is 0 Å². The SMILES string of the molecule is CCCCCOc1ccc(C(=O)CCC(=O)Nc2ccn[nH]2)cc1. The van der Waals surface area contributed by atoms with Crippen molar-refractivity contribution >= 4 is 17.5 Å². The van der Waals surface area contributed by atoms with Gasteiger partial charge in [0.1, 0.15) is 11.6 Å². The van der Waals surface area contributed by atoms with Crippen LogP contribution in [0.4, 0.5) is 5.82 Å². The van der Waals surface area contributed by atoms with Crippen LogP contribution in [0.15, 0.2) is 36.5 Å². The van der Waals surface area contributed by atoms with Gasteiger partial charge in [0.2, 0.25) is 5.91 Å². The molecule has 0 fully saturated rings. The van der Waals surface area contributed by atoms with Gasteiger partial charge in [-0.05, 0) is 30.7 Å². The summed E-state index contributed by atoms with van der Waals surface area (Å²) in [5.74, 6) is 1.01. The predicted molar refractivity (Wildman–Crippen MR) is 92.2 cm³/mol. The van der Waals surface area contributed by atoms with E-state index in [1.165, 1.54) is 0 Å². The average molecular weight is 329 g/mol. The first-order valence-corrected chi connectivity index (χ1v) is 8.24. The van der Waals surface area contributed by atoms with Gasteiger partial charge < -0.3 is 10.1 Å². The highest BCUT2D eigenvalue weighted by Gasteiger charge is 2.10. The zero-order valence-corrected chi connectivity index (χ0v) is 13.9. The van der Waals surface area contributed by atoms with E-state index in [-0.39, 0.29) is 24.5 Å². The fourth-order valence-electron chi connectivity index (χ4n) is 2.19. The molecule has 2 aromatic rings. The molecule has 128 valence electrons. The van der Waals surface area contributed by atoms with Crippen LogP contribution in [0, 0.1) is 0 Å². The van der Waals surface area contributed by atoms with Gasteiger partial charge in [-0.3, -0.25) is 14.7 Å². The number of unbranched alkanes of at least 4 members (excludes halogenated alkanes) is 2. The topological polar surface area (TPSA) is 84.1 Å². The lowest BCUT2D eigenvalue weighted by Crippen LogP contribution is -2.13. The van der Waals surface area contributed by atoms with Crippen molar-refractivity contribution in [2.75, 3.05) is 11.9 Å². The Kier molecular flexibility index (Phi) is 7.01. The Morgan fingerprint density at radius 2 is 1.92 bits per heavy atom. The molecule has 0 saturated heterocycles. The fourth-order valence-corrected chi connectivity index (χ4v) is 2.19. The monoisotopic (exact) mass is 329 g/mol. The molecule has 1 aromatic carbocycles. The second-order valence-electron chi connectivity index (χ2n) is 5.52. The number of ketones is 1. The van der Waals surface area contributed by atoms with Crippen molar-refractivity contribution in [2.24, 2.45) is 0 Å². The number of anilines is 1. The molecule has 0 unspecified atom stereocenters. The molecular formula is C18H23N3O3. The van der Waals surface area contributed by atoms with Crippen molar-refractivity contribution in [3.8, 4) is 5.75 Å². The van der Waals surface area contributed by atoms with E-state index in [0.717, 1.165) is 25.0 Å². The Morgan fingerprint density at radius 1 is 1.12 bits per heavy atom. The van der Waals surface area contributed by atoms with E-state index in [4.69, 9.17) is 4.74 Å². The molecule has 0 aliphatic heterocycles. The first-order valence-electron chi connectivity index (χ1n) is 8.24. The highest BCUT2D eigenvalue weighted by atomic mass is 16.5. The number of ether oxygens (including phenoxy) is 1. The molecule has 24 heavy (non-hydrogen) atoms. The van der Waals surface area contributed by atoms with Gasteiger partial charge in [-0.1, -0.05) is 19.8 Å². The van der Waals surface area contributed by atoms with Crippen LogP contribution in [-0.2, 0) is 4.79 Å². The predicted octanol–water partition coefficient (Wildman–Crippen LogP) is 3.58. The van der Waals surface area contributed by atoms with Crippen LogP contribution in [0.25, 0.3) is 0 Å². The standard InChI is InChI=1S/C18H23N3O3/c1-2-3-4-13-24-15-7-5-14(6-8-15)16(22)9-10-18(23)20-17-11-12-19-21-17/h5-8,11-12H,2-4,9-10,13H2,1H3,(H2,19,20,21,23). The van der Waals surface area contributed by atoms with E-state index in [1.54, 1.807) is 36.5 Å². The van der Waals surface area contributed by atoms with Gasteiger partial charge in [0, 0.05) is 24.5 Å². The summed E-state index contributed by atoms with van der Waals surface area (Å²) in [4.78, 5) is 23.9. The van der Waals surface area contributed by atoms with E-state index >= 15 is 0 Å². The summed E-state index contributed by atoms with van der Waals surface area (Å²) >= 11 is 0. The van der Waals surface area contributed by atoms with E-state index in [2.05, 4.69) is 22.4 Å². The van der Waals surface area contributed by atoms with Gasteiger partial charge >= 0.3 is 0 Å². The van der Waals surface area contributed by atoms with Crippen molar-refractivity contribution in [3.63, 3.8) is 0 Å². The second kappa shape index (κ2) is 9.50. The summed E-state index contributed by atoms with van der Waals surface area (Å²) in [7, 11) is 0. The lowest BCUT2D eigenvalue weighted by Gasteiger charge is -2.07. The van der Waals surface area contributed by atoms with E-state index in [9.17, 15) is 9.59 Å². The summed E-state index contributed by atoms with van der Waals surface area (Å²) < 4.78 is 5.61. The number of rotatable bonds is 10. The lowest BCUT2D eigenvalue weighted by atomic mass is 10.1. The maximum atomic E-state index is 12.1. The third-order valence-corrected chi connectivity index (χ3v) is 3.55. The zero-order valence-electron chi connectivity index (χ0n) is 13.9. The summed E-state index contributed by atoms with van der Waals surface area (Å²) in [5.41, 5.74) is 0.588. The van der Waals surface area contributed by atoms with Gasteiger partial charge in [-0.2, -0.15) is 5.10 Å². The highest BCUT2D eigenvalue weighted by molar-refractivity contribution is 5.99. The van der Waals surface area contributed by atoms with Crippen LogP contribution >= 0.6 is 0 Å². The molecule has 1 amide bonds. The van der Waals surface area contributed by atoms with Gasteiger partial charge in [0.05, 0.1) is 12.8 Å². The maximum absolute atomic E-state index is 12.1. The number of nitrogens with zero attached hydrogens (tertiary/aromatic N) is 1. The first-order chi connectivity index (χ1) is 11.7. The molecule has 1 aromatic heterocycles. The highest BCUT2D eigenvalue weighted by Crippen LogP contribution is 2.15. The molecule has 6 heteroatoms. The number of aromatic amines is 1. The Hall–Kier alpha value is -2.63. The number of hydrogen-bond donors (Lipinski definition) is 2. The Morgan fingerprint density at radius 3 is 2.58 bits per heavy atom. The summed E-state index contributed by atoms with van der Waals surface area (Å²) in [6.45, 7) is 2.84. The van der Waals surface area contributed by atoms with E-state index < -0.39 is 0 Å². The molecule has 2 rings (SSSR count). The molecule has 1 heterocycles. The third kappa shape index (κ3) is 5.87. The minimum atomic E-state index is -0.219. The number of carbonyl (C=O) groups excluding carboxylic acids is 2. The number of H-pyrrole nitrogens is 1.